The maximum Gasteiger partial charge on any atom is 0.272 e. The van der Waals surface area contributed by atoms with Gasteiger partial charge in [-0.3, -0.25) is 4.79 Å². The van der Waals surface area contributed by atoms with E-state index < -0.39 is 0 Å². The molecule has 0 spiro atoms. The zero-order valence-electron chi connectivity index (χ0n) is 14.2. The number of methoxy groups -OCH3 is 1. The maximum atomic E-state index is 12.6. The summed E-state index contributed by atoms with van der Waals surface area (Å²) < 4.78 is 6.90. The fraction of sp³-hybridized carbons (Fsp3) is 0.500. The molecule has 0 N–H and O–H groups in total. The molecule has 8 nitrogen and oxygen atoms in total. The first-order valence-electron chi connectivity index (χ1n) is 7.95. The molecule has 128 valence electrons. The second-order valence-corrected chi connectivity index (χ2v) is 5.92. The van der Waals surface area contributed by atoms with Crippen LogP contribution < -0.4 is 9.64 Å². The van der Waals surface area contributed by atoms with E-state index in [9.17, 15) is 4.79 Å². The summed E-state index contributed by atoms with van der Waals surface area (Å²) >= 11 is 0. The molecule has 0 radical (unpaired) electrons. The molecule has 8 heteroatoms. The molecule has 0 unspecified atom stereocenters. The SMILES string of the molecule is COc1ccnc(N2CCC(N(C)C(=O)c3cncn3C)CC2)n1. The van der Waals surface area contributed by atoms with Crippen molar-refractivity contribution in [3.05, 3.63) is 30.5 Å². The Morgan fingerprint density at radius 2 is 2.12 bits per heavy atom. The summed E-state index contributed by atoms with van der Waals surface area (Å²) in [6, 6.07) is 1.94. The molecule has 0 aromatic carbocycles. The fourth-order valence-electron chi connectivity index (χ4n) is 2.96. The smallest absolute Gasteiger partial charge is 0.272 e. The Kier molecular flexibility index (Phi) is 4.64. The standard InChI is InChI=1S/C16H22N6O2/c1-20-11-17-10-13(20)15(23)21(2)12-5-8-22(9-6-12)16-18-7-4-14(19-16)24-3/h4,7,10-12H,5-6,8-9H2,1-3H3. The Labute approximate surface area is 141 Å². The molecule has 0 aliphatic carbocycles. The van der Waals surface area contributed by atoms with Gasteiger partial charge in [0.2, 0.25) is 11.8 Å². The summed E-state index contributed by atoms with van der Waals surface area (Å²) in [7, 11) is 5.28. The highest BCUT2D eigenvalue weighted by molar-refractivity contribution is 5.92. The number of aryl methyl sites for hydroxylation is 1. The Balaban J connectivity index is 1.62. The average molecular weight is 330 g/mol. The molecule has 2 aromatic heterocycles. The van der Waals surface area contributed by atoms with Crippen LogP contribution in [0.3, 0.4) is 0 Å². The third-order valence-electron chi connectivity index (χ3n) is 4.48. The van der Waals surface area contributed by atoms with Gasteiger partial charge < -0.3 is 19.1 Å². The van der Waals surface area contributed by atoms with Crippen molar-refractivity contribution < 1.29 is 9.53 Å². The van der Waals surface area contributed by atoms with Gasteiger partial charge in [0.15, 0.2) is 0 Å². The molecule has 1 aliphatic rings. The highest BCUT2D eigenvalue weighted by Crippen LogP contribution is 2.21. The van der Waals surface area contributed by atoms with E-state index in [-0.39, 0.29) is 11.9 Å². The first-order chi connectivity index (χ1) is 11.6. The van der Waals surface area contributed by atoms with Crippen LogP contribution in [0.5, 0.6) is 5.88 Å². The molecule has 1 amide bonds. The Hall–Kier alpha value is -2.64. The van der Waals surface area contributed by atoms with Crippen molar-refractivity contribution in [1.29, 1.82) is 0 Å². The lowest BCUT2D eigenvalue weighted by Crippen LogP contribution is -2.46. The Morgan fingerprint density at radius 3 is 2.75 bits per heavy atom. The number of rotatable bonds is 4. The number of hydrogen-bond acceptors (Lipinski definition) is 6. The van der Waals surface area contributed by atoms with Crippen LogP contribution in [-0.4, -0.2) is 63.6 Å². The highest BCUT2D eigenvalue weighted by atomic mass is 16.5. The molecule has 24 heavy (non-hydrogen) atoms. The van der Waals surface area contributed by atoms with Crippen LogP contribution >= 0.6 is 0 Å². The summed E-state index contributed by atoms with van der Waals surface area (Å²) in [5, 5.41) is 0. The van der Waals surface area contributed by atoms with E-state index >= 15 is 0 Å². The second-order valence-electron chi connectivity index (χ2n) is 5.92. The number of carbonyl (C=O) groups is 1. The van der Waals surface area contributed by atoms with Gasteiger partial charge >= 0.3 is 0 Å². The van der Waals surface area contributed by atoms with Crippen LogP contribution in [0.2, 0.25) is 0 Å². The van der Waals surface area contributed by atoms with Crippen molar-refractivity contribution in [3.8, 4) is 5.88 Å². The molecule has 3 rings (SSSR count). The third-order valence-corrected chi connectivity index (χ3v) is 4.48. The first kappa shape index (κ1) is 16.2. The van der Waals surface area contributed by atoms with Crippen LogP contribution in [-0.2, 0) is 7.05 Å². The highest BCUT2D eigenvalue weighted by Gasteiger charge is 2.28. The van der Waals surface area contributed by atoms with Crippen molar-refractivity contribution in [2.75, 3.05) is 32.1 Å². The van der Waals surface area contributed by atoms with E-state index in [0.29, 0.717) is 17.5 Å². The summed E-state index contributed by atoms with van der Waals surface area (Å²) in [5.74, 6) is 1.24. The number of piperidine rings is 1. The van der Waals surface area contributed by atoms with Gasteiger partial charge in [0, 0.05) is 45.5 Å². The van der Waals surface area contributed by atoms with Crippen molar-refractivity contribution in [1.82, 2.24) is 24.4 Å². The number of nitrogens with zero attached hydrogens (tertiary/aromatic N) is 6. The molecule has 1 aliphatic heterocycles. The van der Waals surface area contributed by atoms with E-state index in [0.717, 1.165) is 25.9 Å². The monoisotopic (exact) mass is 330 g/mol. The number of anilines is 1. The number of hydrogen-bond donors (Lipinski definition) is 0. The minimum Gasteiger partial charge on any atom is -0.481 e. The average Bonchev–Trinajstić information content (AvgIpc) is 3.06. The molecule has 1 saturated heterocycles. The van der Waals surface area contributed by atoms with E-state index in [1.54, 1.807) is 36.5 Å². The minimum atomic E-state index is 0.00563. The summed E-state index contributed by atoms with van der Waals surface area (Å²) in [6.45, 7) is 1.61. The van der Waals surface area contributed by atoms with Crippen molar-refractivity contribution >= 4 is 11.9 Å². The molecule has 0 saturated carbocycles. The minimum absolute atomic E-state index is 0.00563. The molecule has 3 heterocycles. The summed E-state index contributed by atoms with van der Waals surface area (Å²) in [4.78, 5) is 29.2. The third kappa shape index (κ3) is 3.17. The normalized spacial score (nSPS) is 15.4. The van der Waals surface area contributed by atoms with E-state index in [4.69, 9.17) is 4.74 Å². The van der Waals surface area contributed by atoms with Crippen LogP contribution in [0.1, 0.15) is 23.3 Å². The predicted molar refractivity (Wildman–Crippen MR) is 89.1 cm³/mol. The zero-order chi connectivity index (χ0) is 17.1. The van der Waals surface area contributed by atoms with Gasteiger partial charge in [-0.2, -0.15) is 4.98 Å². The Morgan fingerprint density at radius 1 is 1.38 bits per heavy atom. The van der Waals surface area contributed by atoms with E-state index in [1.165, 1.54) is 0 Å². The Bertz CT molecular complexity index is 708. The van der Waals surface area contributed by atoms with Crippen LogP contribution in [0.15, 0.2) is 24.8 Å². The van der Waals surface area contributed by atoms with Crippen LogP contribution in [0.25, 0.3) is 0 Å². The fourth-order valence-corrected chi connectivity index (χ4v) is 2.96. The zero-order valence-corrected chi connectivity index (χ0v) is 14.2. The lowest BCUT2D eigenvalue weighted by Gasteiger charge is -2.36. The van der Waals surface area contributed by atoms with Crippen molar-refractivity contribution in [3.63, 3.8) is 0 Å². The molecule has 0 atom stereocenters. The van der Waals surface area contributed by atoms with Crippen LogP contribution in [0.4, 0.5) is 5.95 Å². The number of amides is 1. The molecular weight excluding hydrogens is 308 g/mol. The topological polar surface area (TPSA) is 76.4 Å². The molecule has 0 bridgehead atoms. The molecule has 1 fully saturated rings. The number of carbonyl (C=O) groups excluding carboxylic acids is 1. The second kappa shape index (κ2) is 6.86. The number of ether oxygens (including phenoxy) is 1. The number of aromatic nitrogens is 4. The first-order valence-corrected chi connectivity index (χ1v) is 7.95. The van der Waals surface area contributed by atoms with E-state index in [1.807, 2.05) is 19.0 Å². The lowest BCUT2D eigenvalue weighted by molar-refractivity contribution is 0.0699. The quantitative estimate of drug-likeness (QED) is 0.831. The van der Waals surface area contributed by atoms with E-state index in [2.05, 4.69) is 19.9 Å². The summed E-state index contributed by atoms with van der Waals surface area (Å²) in [6.07, 6.45) is 6.70. The lowest BCUT2D eigenvalue weighted by atomic mass is 10.0. The molecular formula is C16H22N6O2. The van der Waals surface area contributed by atoms with Gasteiger partial charge in [-0.15, -0.1) is 0 Å². The van der Waals surface area contributed by atoms with Gasteiger partial charge in [0.25, 0.3) is 5.91 Å². The van der Waals surface area contributed by atoms with Gasteiger partial charge in [-0.25, -0.2) is 9.97 Å². The van der Waals surface area contributed by atoms with Gasteiger partial charge in [0.05, 0.1) is 19.6 Å². The van der Waals surface area contributed by atoms with Gasteiger partial charge in [-0.1, -0.05) is 0 Å². The molecule has 2 aromatic rings. The summed E-state index contributed by atoms with van der Waals surface area (Å²) in [5.41, 5.74) is 0.607. The van der Waals surface area contributed by atoms with Gasteiger partial charge in [-0.05, 0) is 12.8 Å². The predicted octanol–water partition coefficient (Wildman–Crippen LogP) is 0.960. The largest absolute Gasteiger partial charge is 0.481 e. The van der Waals surface area contributed by atoms with Crippen molar-refractivity contribution in [2.24, 2.45) is 7.05 Å². The van der Waals surface area contributed by atoms with Gasteiger partial charge in [0.1, 0.15) is 5.69 Å². The van der Waals surface area contributed by atoms with Crippen molar-refractivity contribution in [2.45, 2.75) is 18.9 Å². The maximum absolute atomic E-state index is 12.6. The number of imidazole rings is 1. The van der Waals surface area contributed by atoms with Crippen LogP contribution in [0, 0.1) is 0 Å².